The molecule has 104 heavy (non-hydrogen) atoms. The predicted octanol–water partition coefficient (Wildman–Crippen LogP) is 29.9. The topological polar surface area (TPSA) is 26.3 Å². The molecule has 0 unspecified atom stereocenters. The fraction of sp³-hybridized carbons (Fsp3) is 0.0196. The second kappa shape index (κ2) is 26.0. The number of rotatable bonds is 8. The minimum Gasteiger partial charge on any atom is -0.455 e. The molecular weight excluding hydrogens is 1260 g/mol. The summed E-state index contributed by atoms with van der Waals surface area (Å²) in [6, 6.07) is 136. The number of hydrogen-bond donors (Lipinski definition) is 0. The lowest BCUT2D eigenvalue weighted by Gasteiger charge is -2.19. The Morgan fingerprint density at radius 1 is 0.163 bits per heavy atom. The van der Waals surface area contributed by atoms with E-state index in [2.05, 4.69) is 376 Å². The van der Waals surface area contributed by atoms with Crippen LogP contribution in [0.4, 0.5) is 0 Å². The summed E-state index contributed by atoms with van der Waals surface area (Å²) in [5.74, 6) is 0. The minimum absolute atomic E-state index is 0.897. The van der Waals surface area contributed by atoms with Gasteiger partial charge in [0.1, 0.15) is 22.3 Å². The zero-order chi connectivity index (χ0) is 71.2. The van der Waals surface area contributed by atoms with Crippen molar-refractivity contribution in [3.63, 3.8) is 0 Å². The molecule has 2 heteroatoms. The Hall–Kier alpha value is -13.4. The molecule has 0 N–H and O–H groups in total. The molecule has 0 aliphatic carbocycles. The summed E-state index contributed by atoms with van der Waals surface area (Å²) in [6.07, 6.45) is 0. The van der Waals surface area contributed by atoms with E-state index in [9.17, 15) is 0 Å². The molecule has 2 aromatic heterocycles. The Morgan fingerprint density at radius 3 is 0.952 bits per heavy atom. The third kappa shape index (κ3) is 10.5. The van der Waals surface area contributed by atoms with Crippen molar-refractivity contribution in [3.05, 3.63) is 376 Å². The highest BCUT2D eigenvalue weighted by atomic mass is 16.3. The average Bonchev–Trinajstić information content (AvgIpc) is 0.881. The van der Waals surface area contributed by atoms with Crippen LogP contribution in [0.1, 0.15) is 17.5 Å². The number of furan rings is 2. The molecule has 0 saturated heterocycles. The van der Waals surface area contributed by atoms with Gasteiger partial charge in [0.15, 0.2) is 0 Å². The maximum atomic E-state index is 6.74. The second-order valence-electron chi connectivity index (χ2n) is 26.8. The minimum atomic E-state index is 0.897. The van der Waals surface area contributed by atoms with Crippen LogP contribution in [0.5, 0.6) is 0 Å². The van der Waals surface area contributed by atoms with Crippen molar-refractivity contribution >= 4 is 119 Å². The lowest BCUT2D eigenvalue weighted by atomic mass is 9.83. The van der Waals surface area contributed by atoms with E-state index in [0.29, 0.717) is 0 Å². The summed E-state index contributed by atoms with van der Waals surface area (Å²) < 4.78 is 24.9. The van der Waals surface area contributed by atoms with E-state index in [1.807, 2.05) is 0 Å². The van der Waals surface area contributed by atoms with Gasteiger partial charge in [-0.2, -0.15) is 0 Å². The molecule has 0 aliphatic rings. The summed E-state index contributed by atoms with van der Waals surface area (Å²) >= 11 is 0. The predicted molar refractivity (Wildman–Crippen MR) is 447 cm³/mol. The Morgan fingerprint density at radius 2 is 0.481 bits per heavy atom. The van der Waals surface area contributed by atoms with E-state index >= 15 is 0 Å². The molecule has 2 nitrogen and oxygen atoms in total. The van der Waals surface area contributed by atoms with Crippen LogP contribution in [-0.4, -0.2) is 0 Å². The van der Waals surface area contributed by atoms with Gasteiger partial charge in [0, 0.05) is 35.4 Å². The Kier molecular flexibility index (Phi) is 15.1. The zero-order valence-electron chi connectivity index (χ0n) is 59.6. The number of para-hydroxylation sites is 2. The van der Waals surface area contributed by atoms with Crippen molar-refractivity contribution in [2.24, 2.45) is 0 Å². The molecule has 2 heterocycles. The highest BCUT2D eigenvalue weighted by Crippen LogP contribution is 2.50. The van der Waals surface area contributed by atoms with Crippen LogP contribution >= 0.6 is 0 Å². The molecule has 0 bridgehead atoms. The first kappa shape index (κ1) is 60.6. The first-order valence-corrected chi connectivity index (χ1v) is 35.1. The van der Waals surface area contributed by atoms with Crippen LogP contribution in [0.25, 0.3) is 208 Å². The molecule has 490 valence electrons. The fourth-order valence-corrected chi connectivity index (χ4v) is 16.4. The highest BCUT2D eigenvalue weighted by molar-refractivity contribution is 6.26. The average molecular weight is 1330 g/mol. The van der Waals surface area contributed by atoms with Gasteiger partial charge in [0.25, 0.3) is 0 Å². The highest BCUT2D eigenvalue weighted by Gasteiger charge is 2.23. The normalized spacial score (nSPS) is 11.6. The summed E-state index contributed by atoms with van der Waals surface area (Å²) in [7, 11) is 2.50. The lowest BCUT2D eigenvalue weighted by Crippen LogP contribution is -1.92. The van der Waals surface area contributed by atoms with Gasteiger partial charge >= 0.3 is 0 Å². The number of benzene rings is 19. The first-order valence-electron chi connectivity index (χ1n) is 37.1. The third-order valence-corrected chi connectivity index (χ3v) is 21.1. The van der Waals surface area contributed by atoms with E-state index < -0.39 is 0 Å². The molecule has 21 aromatic rings. The van der Waals surface area contributed by atoms with Gasteiger partial charge in [-0.25, -0.2) is 0 Å². The van der Waals surface area contributed by atoms with Crippen LogP contribution in [0.2, 0.25) is 0 Å². The lowest BCUT2D eigenvalue weighted by molar-refractivity contribution is 0.670. The van der Waals surface area contributed by atoms with Gasteiger partial charge in [-0.1, -0.05) is 348 Å². The molecular formula is C102H70O2. The van der Waals surface area contributed by atoms with Crippen molar-refractivity contribution in [1.29, 1.82) is 0 Å². The third-order valence-electron chi connectivity index (χ3n) is 21.1. The van der Waals surface area contributed by atoms with Crippen LogP contribution in [0.3, 0.4) is 0 Å². The van der Waals surface area contributed by atoms with Crippen LogP contribution in [0.15, 0.2) is 385 Å². The van der Waals surface area contributed by atoms with Gasteiger partial charge in [0.2, 0.25) is 0 Å². The van der Waals surface area contributed by atoms with E-state index in [1.165, 1.54) is 146 Å². The van der Waals surface area contributed by atoms with Crippen molar-refractivity contribution in [1.82, 2.24) is 0 Å². The van der Waals surface area contributed by atoms with Gasteiger partial charge in [0.05, 0.1) is 0 Å². The molecule has 0 atom stereocenters. The van der Waals surface area contributed by atoms with Gasteiger partial charge < -0.3 is 8.83 Å². The monoisotopic (exact) mass is 1330 g/mol. The zero-order valence-corrected chi connectivity index (χ0v) is 57.6. The molecule has 19 aromatic carbocycles. The Labute approximate surface area is 607 Å². The second-order valence-corrected chi connectivity index (χ2v) is 26.8. The number of fused-ring (bicyclic) bond motifs is 13. The van der Waals surface area contributed by atoms with Crippen LogP contribution in [-0.2, 0) is 0 Å². The SMILES string of the molecule is [2H]C.[2H]C.c1ccc(-c2ccc3ccc(-c4c5ccccc5c(-c5ccc6c(c5)oc5c(-c7ccccc7)cccc56)c5ccccc45)cc3c2)cc1.c1ccc(-c2cccc3c2oc2cc(-c4c5ccccc5c(-c5ccc(-c6ccc7ccccc7c6)c6ccccc56)c5ccccc45)ccc23)cc1. The smallest absolute Gasteiger partial charge is 0.143 e. The summed E-state index contributed by atoms with van der Waals surface area (Å²) in [6.45, 7) is 0. The van der Waals surface area contributed by atoms with Crippen LogP contribution in [0, 0.1) is 0 Å². The summed E-state index contributed by atoms with van der Waals surface area (Å²) in [5.41, 5.74) is 22.9. The largest absolute Gasteiger partial charge is 0.455 e. The molecule has 0 saturated carbocycles. The molecule has 0 spiro atoms. The Bertz CT molecular complexity index is 6820. The molecule has 0 aliphatic heterocycles. The van der Waals surface area contributed by atoms with Crippen molar-refractivity contribution in [3.8, 4) is 89.0 Å². The van der Waals surface area contributed by atoms with E-state index in [4.69, 9.17) is 11.6 Å². The van der Waals surface area contributed by atoms with Gasteiger partial charge in [-0.05, 0) is 196 Å². The maximum absolute atomic E-state index is 6.74. The quantitative estimate of drug-likeness (QED) is 0.142. The Balaban J connectivity index is 0.000000144. The summed E-state index contributed by atoms with van der Waals surface area (Å²) in [5, 5.41) is 21.9. The van der Waals surface area contributed by atoms with E-state index in [0.717, 1.165) is 77.3 Å². The fourth-order valence-electron chi connectivity index (χ4n) is 16.4. The van der Waals surface area contributed by atoms with Crippen molar-refractivity contribution in [2.75, 3.05) is 0 Å². The summed E-state index contributed by atoms with van der Waals surface area (Å²) in [4.78, 5) is 0. The first-order chi connectivity index (χ1) is 52.6. The molecule has 0 amide bonds. The molecule has 0 fully saturated rings. The standard InChI is InChI=1S/C52H32O.C48H30O.2CH4/c1-2-14-34(15-3-1)39-23-12-24-48-42-28-27-37(32-49(42)53-52(39)48)50-43-19-8-10-21-45(43)51(46-22-11-9-20-44(46)50)47-30-29-38(40-17-6-7-18-41(40)47)36-26-25-33-13-4-5-16-35(33)31-36;1-3-12-31(13-4-1)34-24-22-32-23-25-35(29-37(32)28-34)46-40-16-7-9-18-42(40)47(43-19-10-8-17-41(43)46)36-26-27-39-44-21-11-20-38(33-14-5-2-6-15-33)48(44)49-45(39)30-36;;/h1-32H;1-30H;2*1H4/i;;2*1D. The van der Waals surface area contributed by atoms with Crippen molar-refractivity contribution in [2.45, 2.75) is 14.8 Å². The van der Waals surface area contributed by atoms with Gasteiger partial charge in [-0.3, -0.25) is 0 Å². The molecule has 21 rings (SSSR count). The van der Waals surface area contributed by atoms with Crippen LogP contribution < -0.4 is 0 Å². The number of hydrogen-bond acceptors (Lipinski definition) is 2. The molecule has 0 radical (unpaired) electrons. The maximum Gasteiger partial charge on any atom is 0.143 e. The van der Waals surface area contributed by atoms with E-state index in [1.54, 1.807) is 0 Å². The van der Waals surface area contributed by atoms with Crippen molar-refractivity contribution < 1.29 is 11.6 Å². The van der Waals surface area contributed by atoms with Gasteiger partial charge in [-0.15, -0.1) is 0 Å². The van der Waals surface area contributed by atoms with E-state index in [-0.39, 0.29) is 0 Å².